The van der Waals surface area contributed by atoms with Crippen molar-refractivity contribution in [2.24, 2.45) is 0 Å². The summed E-state index contributed by atoms with van der Waals surface area (Å²) in [7, 11) is 0. The number of halogens is 2. The highest BCUT2D eigenvalue weighted by molar-refractivity contribution is 6.31. The van der Waals surface area contributed by atoms with Crippen LogP contribution in [0.2, 0.25) is 10.0 Å². The van der Waals surface area contributed by atoms with E-state index in [1.165, 1.54) is 11.1 Å². The molecule has 0 radical (unpaired) electrons. The summed E-state index contributed by atoms with van der Waals surface area (Å²) in [5.41, 5.74) is 2.42. The van der Waals surface area contributed by atoms with Crippen LogP contribution in [-0.4, -0.2) is 12.6 Å². The second-order valence-corrected chi connectivity index (χ2v) is 6.46. The lowest BCUT2D eigenvalue weighted by Crippen LogP contribution is -2.29. The van der Waals surface area contributed by atoms with Crippen molar-refractivity contribution in [3.05, 3.63) is 69.7 Å². The quantitative estimate of drug-likeness (QED) is 0.759. The Bertz CT molecular complexity index is 581. The fraction of sp³-hybridized carbons (Fsp3) is 0.333. The average molecular weight is 322 g/mol. The highest BCUT2D eigenvalue weighted by Crippen LogP contribution is 2.28. The van der Waals surface area contributed by atoms with Gasteiger partial charge in [0, 0.05) is 28.5 Å². The summed E-state index contributed by atoms with van der Waals surface area (Å²) in [5.74, 6) is 0.333. The molecule has 0 aliphatic carbocycles. The van der Waals surface area contributed by atoms with E-state index in [1.54, 1.807) is 0 Å². The van der Waals surface area contributed by atoms with Crippen molar-refractivity contribution >= 4 is 23.2 Å². The van der Waals surface area contributed by atoms with Crippen LogP contribution in [0.3, 0.4) is 0 Å². The molecule has 2 aromatic carbocycles. The van der Waals surface area contributed by atoms with Crippen LogP contribution in [-0.2, 0) is 6.42 Å². The Morgan fingerprint density at radius 3 is 2.43 bits per heavy atom. The summed E-state index contributed by atoms with van der Waals surface area (Å²) in [6.45, 7) is 5.21. The van der Waals surface area contributed by atoms with Gasteiger partial charge >= 0.3 is 0 Å². The van der Waals surface area contributed by atoms with E-state index in [0.29, 0.717) is 12.0 Å². The van der Waals surface area contributed by atoms with Gasteiger partial charge in [-0.1, -0.05) is 67.4 Å². The maximum Gasteiger partial charge on any atom is 0.0441 e. The molecule has 1 atom stereocenters. The minimum atomic E-state index is 0.333. The van der Waals surface area contributed by atoms with Crippen molar-refractivity contribution in [1.29, 1.82) is 0 Å². The van der Waals surface area contributed by atoms with Crippen LogP contribution in [0.15, 0.2) is 48.5 Å². The second-order valence-electron chi connectivity index (χ2n) is 5.62. The highest BCUT2D eigenvalue weighted by atomic mass is 35.5. The standard InChI is InChI=1S/C18H21Cl2N/c1-13(2)21-12-15(17-8-3-4-9-18(17)20)10-14-6-5-7-16(19)11-14/h3-9,11,13,15,21H,10,12H2,1-2H3. The lowest BCUT2D eigenvalue weighted by Gasteiger charge is -2.21. The van der Waals surface area contributed by atoms with E-state index >= 15 is 0 Å². The number of hydrogen-bond donors (Lipinski definition) is 1. The topological polar surface area (TPSA) is 12.0 Å². The van der Waals surface area contributed by atoms with Crippen molar-refractivity contribution in [2.75, 3.05) is 6.54 Å². The predicted octanol–water partition coefficient (Wildman–Crippen LogP) is 5.32. The maximum atomic E-state index is 6.38. The maximum absolute atomic E-state index is 6.38. The zero-order chi connectivity index (χ0) is 15.2. The van der Waals surface area contributed by atoms with Crippen molar-refractivity contribution in [3.63, 3.8) is 0 Å². The summed E-state index contributed by atoms with van der Waals surface area (Å²) < 4.78 is 0. The first-order chi connectivity index (χ1) is 10.1. The Hall–Kier alpha value is -1.02. The fourth-order valence-corrected chi connectivity index (χ4v) is 2.93. The molecule has 1 N–H and O–H groups in total. The molecule has 0 spiro atoms. The molecule has 3 heteroatoms. The van der Waals surface area contributed by atoms with Gasteiger partial charge in [-0.25, -0.2) is 0 Å². The van der Waals surface area contributed by atoms with E-state index in [4.69, 9.17) is 23.2 Å². The predicted molar refractivity (Wildman–Crippen MR) is 92.5 cm³/mol. The molecular weight excluding hydrogens is 301 g/mol. The lowest BCUT2D eigenvalue weighted by atomic mass is 9.91. The van der Waals surface area contributed by atoms with Crippen LogP contribution in [0.4, 0.5) is 0 Å². The van der Waals surface area contributed by atoms with Crippen LogP contribution in [0.25, 0.3) is 0 Å². The van der Waals surface area contributed by atoms with Crippen LogP contribution in [0, 0.1) is 0 Å². The third-order valence-corrected chi connectivity index (χ3v) is 4.07. The van der Waals surface area contributed by atoms with Crippen LogP contribution < -0.4 is 5.32 Å². The summed E-state index contributed by atoms with van der Waals surface area (Å²) in [6.07, 6.45) is 0.921. The van der Waals surface area contributed by atoms with E-state index in [-0.39, 0.29) is 0 Å². The molecule has 0 bridgehead atoms. The van der Waals surface area contributed by atoms with Gasteiger partial charge in [-0.2, -0.15) is 0 Å². The number of benzene rings is 2. The molecule has 112 valence electrons. The van der Waals surface area contributed by atoms with Crippen molar-refractivity contribution < 1.29 is 0 Å². The van der Waals surface area contributed by atoms with Crippen molar-refractivity contribution in [3.8, 4) is 0 Å². The lowest BCUT2D eigenvalue weighted by molar-refractivity contribution is 0.527. The third kappa shape index (κ3) is 5.03. The minimum Gasteiger partial charge on any atom is -0.314 e. The highest BCUT2D eigenvalue weighted by Gasteiger charge is 2.15. The van der Waals surface area contributed by atoms with Gasteiger partial charge in [-0.05, 0) is 35.7 Å². The van der Waals surface area contributed by atoms with Gasteiger partial charge in [0.15, 0.2) is 0 Å². The Labute approximate surface area is 137 Å². The zero-order valence-corrected chi connectivity index (χ0v) is 14.0. The SMILES string of the molecule is CC(C)NCC(Cc1cccc(Cl)c1)c1ccccc1Cl. The molecule has 0 aliphatic rings. The second kappa shape index (κ2) is 7.84. The minimum absolute atomic E-state index is 0.333. The third-order valence-electron chi connectivity index (χ3n) is 3.49. The number of nitrogens with one attached hydrogen (secondary N) is 1. The first-order valence-corrected chi connectivity index (χ1v) is 8.04. The molecule has 0 saturated carbocycles. The van der Waals surface area contributed by atoms with E-state index in [1.807, 2.05) is 36.4 Å². The van der Waals surface area contributed by atoms with Crippen molar-refractivity contribution in [1.82, 2.24) is 5.32 Å². The van der Waals surface area contributed by atoms with E-state index < -0.39 is 0 Å². The molecule has 0 saturated heterocycles. The van der Waals surface area contributed by atoms with Crippen LogP contribution >= 0.6 is 23.2 Å². The number of rotatable bonds is 6. The first kappa shape index (κ1) is 16.4. The van der Waals surface area contributed by atoms with E-state index in [2.05, 4.69) is 31.3 Å². The summed E-state index contributed by atoms with van der Waals surface area (Å²) in [6, 6.07) is 16.6. The van der Waals surface area contributed by atoms with Gasteiger partial charge in [-0.15, -0.1) is 0 Å². The molecule has 1 nitrogen and oxygen atoms in total. The van der Waals surface area contributed by atoms with Gasteiger partial charge in [-0.3, -0.25) is 0 Å². The Morgan fingerprint density at radius 2 is 1.76 bits per heavy atom. The molecule has 1 unspecified atom stereocenters. The first-order valence-electron chi connectivity index (χ1n) is 7.28. The Balaban J connectivity index is 2.22. The molecule has 2 rings (SSSR count). The van der Waals surface area contributed by atoms with Gasteiger partial charge in [0.05, 0.1) is 0 Å². The molecular formula is C18H21Cl2N. The van der Waals surface area contributed by atoms with Gasteiger partial charge in [0.1, 0.15) is 0 Å². The van der Waals surface area contributed by atoms with E-state index in [9.17, 15) is 0 Å². The van der Waals surface area contributed by atoms with Crippen molar-refractivity contribution in [2.45, 2.75) is 32.2 Å². The molecule has 0 fully saturated rings. The average Bonchev–Trinajstić information content (AvgIpc) is 2.44. The molecule has 0 amide bonds. The van der Waals surface area contributed by atoms with Gasteiger partial charge in [0.25, 0.3) is 0 Å². The molecule has 0 heterocycles. The largest absolute Gasteiger partial charge is 0.314 e. The summed E-state index contributed by atoms with van der Waals surface area (Å²) in [4.78, 5) is 0. The fourth-order valence-electron chi connectivity index (χ4n) is 2.42. The summed E-state index contributed by atoms with van der Waals surface area (Å²) in [5, 5.41) is 5.12. The molecule has 0 aromatic heterocycles. The van der Waals surface area contributed by atoms with Gasteiger partial charge < -0.3 is 5.32 Å². The number of hydrogen-bond acceptors (Lipinski definition) is 1. The Morgan fingerprint density at radius 1 is 1.00 bits per heavy atom. The van der Waals surface area contributed by atoms with Gasteiger partial charge in [0.2, 0.25) is 0 Å². The monoisotopic (exact) mass is 321 g/mol. The molecule has 21 heavy (non-hydrogen) atoms. The smallest absolute Gasteiger partial charge is 0.0441 e. The normalized spacial score (nSPS) is 12.6. The van der Waals surface area contributed by atoms with Crippen LogP contribution in [0.1, 0.15) is 30.9 Å². The Kier molecular flexibility index (Phi) is 6.10. The molecule has 2 aromatic rings. The summed E-state index contributed by atoms with van der Waals surface area (Å²) >= 11 is 12.5. The van der Waals surface area contributed by atoms with E-state index in [0.717, 1.165) is 23.0 Å². The molecule has 0 aliphatic heterocycles. The van der Waals surface area contributed by atoms with Crippen LogP contribution in [0.5, 0.6) is 0 Å². The zero-order valence-electron chi connectivity index (χ0n) is 12.4.